The van der Waals surface area contributed by atoms with E-state index in [-0.39, 0.29) is 23.8 Å². The van der Waals surface area contributed by atoms with E-state index in [0.29, 0.717) is 13.0 Å². The van der Waals surface area contributed by atoms with Gasteiger partial charge in [0.15, 0.2) is 0 Å². The van der Waals surface area contributed by atoms with Gasteiger partial charge in [-0.1, -0.05) is 27.2 Å². The molecule has 1 fully saturated rings. The number of hydrogen-bond acceptors (Lipinski definition) is 3. The molecular formula is C13H24N2O2. The number of carbonyl (C=O) groups is 2. The maximum Gasteiger partial charge on any atom is 0.232 e. The van der Waals surface area contributed by atoms with Gasteiger partial charge in [0.1, 0.15) is 0 Å². The lowest BCUT2D eigenvalue weighted by atomic mass is 10.1. The fraction of sp³-hybridized carbons (Fsp3) is 0.846. The second-order valence-corrected chi connectivity index (χ2v) is 4.89. The molecule has 17 heavy (non-hydrogen) atoms. The van der Waals surface area contributed by atoms with E-state index in [1.54, 1.807) is 0 Å². The third-order valence-corrected chi connectivity index (χ3v) is 3.19. The first-order chi connectivity index (χ1) is 8.10. The predicted molar refractivity (Wildman–Crippen MR) is 67.5 cm³/mol. The molecule has 0 spiro atoms. The Bertz CT molecular complexity index is 279. The summed E-state index contributed by atoms with van der Waals surface area (Å²) in [5, 5.41) is 3.41. The first kappa shape index (κ1) is 14.2. The first-order valence-corrected chi connectivity index (χ1v) is 6.67. The number of likely N-dealkylation sites (tertiary alicyclic amines) is 1. The van der Waals surface area contributed by atoms with Crippen LogP contribution in [0.15, 0.2) is 0 Å². The molecule has 1 saturated heterocycles. The highest BCUT2D eigenvalue weighted by Gasteiger charge is 2.36. The predicted octanol–water partition coefficient (Wildman–Crippen LogP) is 1.55. The van der Waals surface area contributed by atoms with Crippen LogP contribution in [0.25, 0.3) is 0 Å². The second kappa shape index (κ2) is 6.74. The molecule has 0 aromatic heterocycles. The maximum atomic E-state index is 11.8. The number of rotatable bonds is 7. The van der Waals surface area contributed by atoms with Crippen molar-refractivity contribution in [2.24, 2.45) is 5.92 Å². The molecule has 2 atom stereocenters. The molecule has 0 bridgehead atoms. The highest BCUT2D eigenvalue weighted by molar-refractivity contribution is 6.03. The quantitative estimate of drug-likeness (QED) is 0.687. The second-order valence-electron chi connectivity index (χ2n) is 4.89. The van der Waals surface area contributed by atoms with E-state index in [4.69, 9.17) is 0 Å². The van der Waals surface area contributed by atoms with Crippen molar-refractivity contribution in [3.63, 3.8) is 0 Å². The van der Waals surface area contributed by atoms with Crippen molar-refractivity contribution in [3.8, 4) is 0 Å². The molecular weight excluding hydrogens is 216 g/mol. The van der Waals surface area contributed by atoms with Crippen molar-refractivity contribution in [2.45, 2.75) is 52.5 Å². The Kier molecular flexibility index (Phi) is 5.62. The summed E-state index contributed by atoms with van der Waals surface area (Å²) in [5.74, 6) is -0.146. The smallest absolute Gasteiger partial charge is 0.232 e. The summed E-state index contributed by atoms with van der Waals surface area (Å²) in [6.07, 6.45) is 3.52. The van der Waals surface area contributed by atoms with Crippen LogP contribution in [-0.4, -0.2) is 35.8 Å². The van der Waals surface area contributed by atoms with E-state index in [9.17, 15) is 9.59 Å². The van der Waals surface area contributed by atoms with E-state index in [0.717, 1.165) is 25.8 Å². The van der Waals surface area contributed by atoms with Crippen molar-refractivity contribution >= 4 is 11.8 Å². The van der Waals surface area contributed by atoms with Crippen molar-refractivity contribution < 1.29 is 9.59 Å². The molecule has 0 radical (unpaired) electrons. The van der Waals surface area contributed by atoms with Crippen LogP contribution in [0.2, 0.25) is 0 Å². The van der Waals surface area contributed by atoms with Crippen molar-refractivity contribution in [1.29, 1.82) is 0 Å². The zero-order valence-electron chi connectivity index (χ0n) is 11.2. The van der Waals surface area contributed by atoms with E-state index < -0.39 is 0 Å². The van der Waals surface area contributed by atoms with Crippen molar-refractivity contribution in [2.75, 3.05) is 13.1 Å². The Labute approximate surface area is 104 Å². The molecule has 1 rings (SSSR count). The van der Waals surface area contributed by atoms with Gasteiger partial charge in [0, 0.05) is 24.9 Å². The molecule has 2 unspecified atom stereocenters. The minimum absolute atomic E-state index is 0.00518. The van der Waals surface area contributed by atoms with Gasteiger partial charge in [0.25, 0.3) is 0 Å². The summed E-state index contributed by atoms with van der Waals surface area (Å²) in [6.45, 7) is 7.54. The highest BCUT2D eigenvalue weighted by atomic mass is 16.2. The topological polar surface area (TPSA) is 49.4 Å². The molecule has 0 saturated carbocycles. The number of amides is 2. The first-order valence-electron chi connectivity index (χ1n) is 6.67. The van der Waals surface area contributed by atoms with E-state index in [1.807, 2.05) is 6.92 Å². The summed E-state index contributed by atoms with van der Waals surface area (Å²) in [6, 6.07) is 0.248. The van der Waals surface area contributed by atoms with Gasteiger partial charge in [-0.3, -0.25) is 14.5 Å². The lowest BCUT2D eigenvalue weighted by Crippen LogP contribution is -2.44. The van der Waals surface area contributed by atoms with Gasteiger partial charge in [0.2, 0.25) is 11.8 Å². The SMILES string of the molecule is CCCNC(CCC)CN1C(=O)CC(C)C1=O. The number of carbonyl (C=O) groups excluding carboxylic acids is 2. The number of nitrogens with one attached hydrogen (secondary N) is 1. The third-order valence-electron chi connectivity index (χ3n) is 3.19. The fourth-order valence-electron chi connectivity index (χ4n) is 2.22. The van der Waals surface area contributed by atoms with Crippen LogP contribution in [0.3, 0.4) is 0 Å². The Morgan fingerprint density at radius 1 is 1.35 bits per heavy atom. The van der Waals surface area contributed by atoms with Crippen LogP contribution in [0.5, 0.6) is 0 Å². The average molecular weight is 240 g/mol. The highest BCUT2D eigenvalue weighted by Crippen LogP contribution is 2.19. The normalized spacial score (nSPS) is 22.3. The molecule has 0 aromatic rings. The third kappa shape index (κ3) is 3.80. The van der Waals surface area contributed by atoms with Crippen molar-refractivity contribution in [3.05, 3.63) is 0 Å². The lowest BCUT2D eigenvalue weighted by molar-refractivity contribution is -0.139. The van der Waals surface area contributed by atoms with Gasteiger partial charge in [-0.25, -0.2) is 0 Å². The zero-order chi connectivity index (χ0) is 12.8. The van der Waals surface area contributed by atoms with Crippen LogP contribution in [-0.2, 0) is 9.59 Å². The zero-order valence-corrected chi connectivity index (χ0v) is 11.2. The standard InChI is InChI=1S/C13H24N2O2/c1-4-6-11(14-7-5-2)9-15-12(16)8-10(3)13(15)17/h10-11,14H,4-9H2,1-3H3. The van der Waals surface area contributed by atoms with Gasteiger partial charge in [0.05, 0.1) is 0 Å². The van der Waals surface area contributed by atoms with E-state index in [2.05, 4.69) is 19.2 Å². The van der Waals surface area contributed by atoms with Gasteiger partial charge < -0.3 is 5.32 Å². The van der Waals surface area contributed by atoms with Gasteiger partial charge in [-0.05, 0) is 19.4 Å². The summed E-state index contributed by atoms with van der Waals surface area (Å²) < 4.78 is 0. The number of hydrogen-bond donors (Lipinski definition) is 1. The Morgan fingerprint density at radius 2 is 2.06 bits per heavy atom. The van der Waals surface area contributed by atoms with Crippen LogP contribution < -0.4 is 5.32 Å². The van der Waals surface area contributed by atoms with Crippen LogP contribution >= 0.6 is 0 Å². The Hall–Kier alpha value is -0.900. The van der Waals surface area contributed by atoms with Crippen LogP contribution in [0, 0.1) is 5.92 Å². The summed E-state index contributed by atoms with van der Waals surface area (Å²) in [4.78, 5) is 24.9. The molecule has 0 aromatic carbocycles. The van der Waals surface area contributed by atoms with E-state index in [1.165, 1.54) is 4.90 Å². The molecule has 1 N–H and O–H groups in total. The van der Waals surface area contributed by atoms with Crippen LogP contribution in [0.1, 0.15) is 46.5 Å². The largest absolute Gasteiger partial charge is 0.312 e. The minimum Gasteiger partial charge on any atom is -0.312 e. The number of nitrogens with zero attached hydrogens (tertiary/aromatic N) is 1. The van der Waals surface area contributed by atoms with Gasteiger partial charge in [-0.2, -0.15) is 0 Å². The van der Waals surface area contributed by atoms with Gasteiger partial charge >= 0.3 is 0 Å². The fourth-order valence-corrected chi connectivity index (χ4v) is 2.22. The van der Waals surface area contributed by atoms with Crippen molar-refractivity contribution in [1.82, 2.24) is 10.2 Å². The molecule has 4 nitrogen and oxygen atoms in total. The molecule has 1 aliphatic heterocycles. The number of imide groups is 1. The molecule has 4 heteroatoms. The Morgan fingerprint density at radius 3 is 2.53 bits per heavy atom. The Balaban J connectivity index is 2.53. The molecule has 98 valence electrons. The molecule has 1 aliphatic rings. The maximum absolute atomic E-state index is 11.8. The van der Waals surface area contributed by atoms with E-state index >= 15 is 0 Å². The van der Waals surface area contributed by atoms with Crippen LogP contribution in [0.4, 0.5) is 0 Å². The lowest BCUT2D eigenvalue weighted by Gasteiger charge is -2.23. The molecule has 2 amide bonds. The molecule has 1 heterocycles. The minimum atomic E-state index is -0.129. The summed E-state index contributed by atoms with van der Waals surface area (Å²) in [5.41, 5.74) is 0. The summed E-state index contributed by atoms with van der Waals surface area (Å²) >= 11 is 0. The van der Waals surface area contributed by atoms with Gasteiger partial charge in [-0.15, -0.1) is 0 Å². The summed E-state index contributed by atoms with van der Waals surface area (Å²) in [7, 11) is 0. The monoisotopic (exact) mass is 240 g/mol. The molecule has 0 aliphatic carbocycles. The average Bonchev–Trinajstić information content (AvgIpc) is 2.53.